The summed E-state index contributed by atoms with van der Waals surface area (Å²) in [5.41, 5.74) is 0.800. The summed E-state index contributed by atoms with van der Waals surface area (Å²) in [6, 6.07) is 4.38. The van der Waals surface area contributed by atoms with Gasteiger partial charge in [0, 0.05) is 19.3 Å². The van der Waals surface area contributed by atoms with Crippen LogP contribution < -0.4 is 10.6 Å². The van der Waals surface area contributed by atoms with Crippen molar-refractivity contribution >= 4 is 11.6 Å². The van der Waals surface area contributed by atoms with Crippen LogP contribution in [0.25, 0.3) is 0 Å². The molecule has 1 aromatic carbocycles. The lowest BCUT2D eigenvalue weighted by Gasteiger charge is -2.26. The van der Waals surface area contributed by atoms with Crippen molar-refractivity contribution in [2.24, 2.45) is 5.41 Å². The number of rotatable bonds is 4. The highest BCUT2D eigenvalue weighted by Gasteiger charge is 2.41. The smallest absolute Gasteiger partial charge is 0.234 e. The molecule has 2 rings (SSSR count). The summed E-state index contributed by atoms with van der Waals surface area (Å²) in [6.07, 6.45) is 0.723. The van der Waals surface area contributed by atoms with Crippen LogP contribution in [-0.4, -0.2) is 32.7 Å². The monoisotopic (exact) mass is 266 g/mol. The molecule has 1 fully saturated rings. The van der Waals surface area contributed by atoms with Gasteiger partial charge < -0.3 is 15.4 Å². The van der Waals surface area contributed by atoms with E-state index in [0.717, 1.165) is 18.5 Å². The number of carbonyl (C=O) groups is 1. The second kappa shape index (κ2) is 5.67. The molecule has 104 valence electrons. The van der Waals surface area contributed by atoms with E-state index in [2.05, 4.69) is 10.6 Å². The number of benzene rings is 1. The number of nitrogens with one attached hydrogen (secondary N) is 2. The summed E-state index contributed by atoms with van der Waals surface area (Å²) >= 11 is 0. The van der Waals surface area contributed by atoms with Crippen molar-refractivity contribution in [2.45, 2.75) is 13.3 Å². The Bertz CT molecular complexity index is 471. The van der Waals surface area contributed by atoms with Gasteiger partial charge in [0.15, 0.2) is 0 Å². The highest BCUT2D eigenvalue weighted by atomic mass is 19.1. The van der Waals surface area contributed by atoms with Gasteiger partial charge in [-0.1, -0.05) is 6.07 Å². The molecule has 0 saturated carbocycles. The zero-order chi connectivity index (χ0) is 13.9. The summed E-state index contributed by atoms with van der Waals surface area (Å²) in [6.45, 7) is 3.57. The lowest BCUT2D eigenvalue weighted by atomic mass is 9.87. The molecule has 5 heteroatoms. The van der Waals surface area contributed by atoms with E-state index in [9.17, 15) is 9.18 Å². The van der Waals surface area contributed by atoms with E-state index >= 15 is 0 Å². The minimum absolute atomic E-state index is 0.118. The number of anilines is 1. The van der Waals surface area contributed by atoms with Gasteiger partial charge in [-0.05, 0) is 37.6 Å². The van der Waals surface area contributed by atoms with Gasteiger partial charge in [-0.3, -0.25) is 4.79 Å². The van der Waals surface area contributed by atoms with Crippen molar-refractivity contribution < 1.29 is 13.9 Å². The van der Waals surface area contributed by atoms with Crippen LogP contribution in [0.15, 0.2) is 18.2 Å². The number of amides is 1. The van der Waals surface area contributed by atoms with Crippen LogP contribution >= 0.6 is 0 Å². The second-order valence-electron chi connectivity index (χ2n) is 5.05. The number of ether oxygens (including phenoxy) is 1. The third-order valence-electron chi connectivity index (χ3n) is 3.59. The largest absolute Gasteiger partial charge is 0.384 e. The predicted molar refractivity (Wildman–Crippen MR) is 71.6 cm³/mol. The molecule has 1 saturated heterocycles. The van der Waals surface area contributed by atoms with E-state index in [4.69, 9.17) is 4.74 Å². The maximum absolute atomic E-state index is 13.2. The molecule has 1 aliphatic heterocycles. The van der Waals surface area contributed by atoms with Crippen molar-refractivity contribution in [1.29, 1.82) is 0 Å². The molecule has 0 bridgehead atoms. The molecule has 1 atom stereocenters. The van der Waals surface area contributed by atoms with Gasteiger partial charge in [0.25, 0.3) is 0 Å². The van der Waals surface area contributed by atoms with Crippen molar-refractivity contribution in [3.8, 4) is 0 Å². The molecule has 4 nitrogen and oxygen atoms in total. The number of hydrogen-bond acceptors (Lipinski definition) is 3. The Hall–Kier alpha value is -1.46. The molecule has 0 aliphatic carbocycles. The van der Waals surface area contributed by atoms with E-state index < -0.39 is 5.41 Å². The summed E-state index contributed by atoms with van der Waals surface area (Å²) in [4.78, 5) is 12.4. The first kappa shape index (κ1) is 14.0. The van der Waals surface area contributed by atoms with Crippen molar-refractivity contribution in [3.63, 3.8) is 0 Å². The molecule has 0 spiro atoms. The molecule has 1 aliphatic rings. The molecule has 19 heavy (non-hydrogen) atoms. The lowest BCUT2D eigenvalue weighted by Crippen LogP contribution is -2.41. The van der Waals surface area contributed by atoms with Crippen LogP contribution in [0.5, 0.6) is 0 Å². The van der Waals surface area contributed by atoms with Crippen LogP contribution in [0.2, 0.25) is 0 Å². The fraction of sp³-hybridized carbons (Fsp3) is 0.500. The van der Waals surface area contributed by atoms with Crippen LogP contribution in [-0.2, 0) is 9.53 Å². The summed E-state index contributed by atoms with van der Waals surface area (Å²) in [5, 5.41) is 6.00. The topological polar surface area (TPSA) is 50.4 Å². The average Bonchev–Trinajstić information content (AvgIpc) is 2.84. The average molecular weight is 266 g/mol. The van der Waals surface area contributed by atoms with Gasteiger partial charge in [-0.25, -0.2) is 4.39 Å². The predicted octanol–water partition coefficient (Wildman–Crippen LogP) is 1.70. The number of halogens is 1. The molecule has 1 aromatic rings. The molecule has 1 unspecified atom stereocenters. The highest BCUT2D eigenvalue weighted by molar-refractivity contribution is 5.96. The third kappa shape index (κ3) is 2.93. The normalized spacial score (nSPS) is 22.5. The van der Waals surface area contributed by atoms with Crippen molar-refractivity contribution in [1.82, 2.24) is 5.32 Å². The second-order valence-corrected chi connectivity index (χ2v) is 5.05. The standard InChI is InChI=1S/C14H19FN2O2/c1-10-3-4-11(15)7-12(10)17-13(18)14(9-19-2)5-6-16-8-14/h3-4,7,16H,5-6,8-9H2,1-2H3,(H,17,18). The SMILES string of the molecule is COCC1(C(=O)Nc2cc(F)ccc2C)CCNC1. The number of carbonyl (C=O) groups excluding carboxylic acids is 1. The molecular weight excluding hydrogens is 247 g/mol. The molecule has 2 N–H and O–H groups in total. The molecule has 0 radical (unpaired) electrons. The van der Waals surface area contributed by atoms with E-state index in [0.29, 0.717) is 18.8 Å². The Morgan fingerprint density at radius 2 is 2.37 bits per heavy atom. The Kier molecular flexibility index (Phi) is 4.17. The Balaban J connectivity index is 2.17. The maximum Gasteiger partial charge on any atom is 0.234 e. The molecule has 1 heterocycles. The van der Waals surface area contributed by atoms with Gasteiger partial charge in [-0.2, -0.15) is 0 Å². The third-order valence-corrected chi connectivity index (χ3v) is 3.59. The van der Waals surface area contributed by atoms with Gasteiger partial charge in [-0.15, -0.1) is 0 Å². The van der Waals surface area contributed by atoms with E-state index in [1.54, 1.807) is 13.2 Å². The minimum Gasteiger partial charge on any atom is -0.384 e. The number of methoxy groups -OCH3 is 1. The fourth-order valence-electron chi connectivity index (χ4n) is 2.39. The summed E-state index contributed by atoms with van der Waals surface area (Å²) in [5.74, 6) is -0.473. The first-order valence-corrected chi connectivity index (χ1v) is 6.35. The van der Waals surface area contributed by atoms with Crippen molar-refractivity contribution in [2.75, 3.05) is 32.1 Å². The minimum atomic E-state index is -0.562. The summed E-state index contributed by atoms with van der Waals surface area (Å²) < 4.78 is 18.4. The first-order chi connectivity index (χ1) is 9.07. The Labute approximate surface area is 112 Å². The number of aryl methyl sites for hydroxylation is 1. The molecule has 1 amide bonds. The quantitative estimate of drug-likeness (QED) is 0.872. The van der Waals surface area contributed by atoms with E-state index in [1.807, 2.05) is 6.92 Å². The highest BCUT2D eigenvalue weighted by Crippen LogP contribution is 2.28. The first-order valence-electron chi connectivity index (χ1n) is 6.35. The van der Waals surface area contributed by atoms with Gasteiger partial charge >= 0.3 is 0 Å². The lowest BCUT2D eigenvalue weighted by molar-refractivity contribution is -0.127. The maximum atomic E-state index is 13.2. The summed E-state index contributed by atoms with van der Waals surface area (Å²) in [7, 11) is 1.58. The fourth-order valence-corrected chi connectivity index (χ4v) is 2.39. The number of hydrogen-bond donors (Lipinski definition) is 2. The van der Waals surface area contributed by atoms with E-state index in [1.165, 1.54) is 12.1 Å². The van der Waals surface area contributed by atoms with E-state index in [-0.39, 0.29) is 11.7 Å². The molecular formula is C14H19FN2O2. The van der Waals surface area contributed by atoms with Gasteiger partial charge in [0.1, 0.15) is 5.82 Å². The Morgan fingerprint density at radius 3 is 3.00 bits per heavy atom. The Morgan fingerprint density at radius 1 is 1.58 bits per heavy atom. The molecule has 0 aromatic heterocycles. The van der Waals surface area contributed by atoms with Gasteiger partial charge in [0.2, 0.25) is 5.91 Å². The zero-order valence-corrected chi connectivity index (χ0v) is 11.3. The van der Waals surface area contributed by atoms with Gasteiger partial charge in [0.05, 0.1) is 12.0 Å². The zero-order valence-electron chi connectivity index (χ0n) is 11.3. The van der Waals surface area contributed by atoms with Crippen LogP contribution in [0, 0.1) is 18.2 Å². The van der Waals surface area contributed by atoms with Crippen LogP contribution in [0.3, 0.4) is 0 Å². The van der Waals surface area contributed by atoms with Crippen molar-refractivity contribution in [3.05, 3.63) is 29.6 Å². The van der Waals surface area contributed by atoms with Crippen LogP contribution in [0.1, 0.15) is 12.0 Å². The van der Waals surface area contributed by atoms with Crippen LogP contribution in [0.4, 0.5) is 10.1 Å².